The summed E-state index contributed by atoms with van der Waals surface area (Å²) >= 11 is 0. The summed E-state index contributed by atoms with van der Waals surface area (Å²) in [5.74, 6) is 0.965. The largest absolute Gasteiger partial charge is 0.495 e. The predicted octanol–water partition coefficient (Wildman–Crippen LogP) is 3.09. The van der Waals surface area contributed by atoms with Gasteiger partial charge in [-0.1, -0.05) is 12.1 Å². The Kier molecular flexibility index (Phi) is 5.12. The topological polar surface area (TPSA) is 44.8 Å². The van der Waals surface area contributed by atoms with Crippen LogP contribution in [0.1, 0.15) is 17.3 Å². The molecule has 1 heterocycles. The van der Waals surface area contributed by atoms with E-state index in [9.17, 15) is 4.79 Å². The van der Waals surface area contributed by atoms with E-state index in [0.29, 0.717) is 6.54 Å². The molecule has 5 nitrogen and oxygen atoms in total. The van der Waals surface area contributed by atoms with Crippen molar-refractivity contribution in [2.24, 2.45) is 0 Å². The van der Waals surface area contributed by atoms with Crippen molar-refractivity contribution in [3.05, 3.63) is 54.1 Å². The fraction of sp³-hybridized carbons (Fsp3) is 0.350. The first-order chi connectivity index (χ1) is 12.1. The number of benzene rings is 2. The van der Waals surface area contributed by atoms with Crippen molar-refractivity contribution >= 4 is 17.3 Å². The molecule has 2 aromatic carbocycles. The van der Waals surface area contributed by atoms with Crippen molar-refractivity contribution in [1.29, 1.82) is 0 Å². The Morgan fingerprint density at radius 3 is 2.48 bits per heavy atom. The molecule has 25 heavy (non-hydrogen) atoms. The van der Waals surface area contributed by atoms with Gasteiger partial charge in [0, 0.05) is 44.0 Å². The Bertz CT molecular complexity index is 730. The molecule has 0 aromatic heterocycles. The number of carbonyl (C=O) groups excluding carboxylic acids is 1. The fourth-order valence-corrected chi connectivity index (χ4v) is 3.31. The number of hydrogen-bond donors (Lipinski definition) is 1. The molecule has 1 fully saturated rings. The Morgan fingerprint density at radius 2 is 1.84 bits per heavy atom. The van der Waals surface area contributed by atoms with Gasteiger partial charge in [-0.3, -0.25) is 4.79 Å². The number of piperazine rings is 1. The van der Waals surface area contributed by atoms with Crippen molar-refractivity contribution in [1.82, 2.24) is 4.90 Å². The van der Waals surface area contributed by atoms with Gasteiger partial charge in [0.2, 0.25) is 0 Å². The van der Waals surface area contributed by atoms with Gasteiger partial charge in [0.05, 0.1) is 12.8 Å². The summed E-state index contributed by atoms with van der Waals surface area (Å²) in [7, 11) is 3.56. The molecule has 1 aliphatic rings. The van der Waals surface area contributed by atoms with Crippen LogP contribution in [-0.4, -0.2) is 50.6 Å². The SMILES string of the molecule is CNc1ccc(C(=O)N2CCN(c3ccccc3OC)CC2C)cc1. The third-order valence-electron chi connectivity index (χ3n) is 4.73. The van der Waals surface area contributed by atoms with Gasteiger partial charge < -0.3 is 19.9 Å². The van der Waals surface area contributed by atoms with Crippen LogP contribution >= 0.6 is 0 Å². The smallest absolute Gasteiger partial charge is 0.254 e. The molecule has 0 aliphatic carbocycles. The first-order valence-electron chi connectivity index (χ1n) is 8.60. The highest BCUT2D eigenvalue weighted by molar-refractivity contribution is 5.95. The average molecular weight is 339 g/mol. The number of para-hydroxylation sites is 2. The van der Waals surface area contributed by atoms with Crippen LogP contribution in [0.2, 0.25) is 0 Å². The number of nitrogens with zero attached hydrogens (tertiary/aromatic N) is 2. The molecule has 1 atom stereocenters. The zero-order valence-corrected chi connectivity index (χ0v) is 15.0. The zero-order chi connectivity index (χ0) is 17.8. The Balaban J connectivity index is 1.71. The number of methoxy groups -OCH3 is 1. The average Bonchev–Trinajstić information content (AvgIpc) is 2.67. The summed E-state index contributed by atoms with van der Waals surface area (Å²) in [6.45, 7) is 4.39. The van der Waals surface area contributed by atoms with Crippen LogP contribution in [0.3, 0.4) is 0 Å². The second-order valence-electron chi connectivity index (χ2n) is 6.29. The number of hydrogen-bond acceptors (Lipinski definition) is 4. The lowest BCUT2D eigenvalue weighted by atomic mass is 10.1. The van der Waals surface area contributed by atoms with Gasteiger partial charge in [-0.15, -0.1) is 0 Å². The van der Waals surface area contributed by atoms with Crippen molar-refractivity contribution in [2.75, 3.05) is 44.0 Å². The minimum atomic E-state index is 0.0924. The van der Waals surface area contributed by atoms with Crippen LogP contribution in [0, 0.1) is 0 Å². The summed E-state index contributed by atoms with van der Waals surface area (Å²) < 4.78 is 5.47. The Morgan fingerprint density at radius 1 is 1.12 bits per heavy atom. The second-order valence-corrected chi connectivity index (χ2v) is 6.29. The molecule has 132 valence electrons. The van der Waals surface area contributed by atoms with E-state index in [0.717, 1.165) is 35.8 Å². The van der Waals surface area contributed by atoms with E-state index in [1.54, 1.807) is 7.11 Å². The van der Waals surface area contributed by atoms with Crippen molar-refractivity contribution in [3.8, 4) is 5.75 Å². The molecule has 1 N–H and O–H groups in total. The molecule has 1 unspecified atom stereocenters. The first-order valence-corrected chi connectivity index (χ1v) is 8.60. The molecule has 0 radical (unpaired) electrons. The summed E-state index contributed by atoms with van der Waals surface area (Å²) in [4.78, 5) is 17.1. The number of anilines is 2. The number of ether oxygens (including phenoxy) is 1. The van der Waals surface area contributed by atoms with Gasteiger partial charge in [0.15, 0.2) is 0 Å². The number of amides is 1. The predicted molar refractivity (Wildman–Crippen MR) is 102 cm³/mol. The van der Waals surface area contributed by atoms with E-state index in [1.165, 1.54) is 0 Å². The lowest BCUT2D eigenvalue weighted by Gasteiger charge is -2.41. The van der Waals surface area contributed by atoms with Gasteiger partial charge >= 0.3 is 0 Å². The van der Waals surface area contributed by atoms with Gasteiger partial charge in [-0.2, -0.15) is 0 Å². The highest BCUT2D eigenvalue weighted by Crippen LogP contribution is 2.29. The summed E-state index contributed by atoms with van der Waals surface area (Å²) in [5, 5.41) is 3.07. The van der Waals surface area contributed by atoms with Crippen LogP contribution in [-0.2, 0) is 0 Å². The molecule has 3 rings (SSSR count). The third kappa shape index (κ3) is 3.55. The molecule has 1 aliphatic heterocycles. The van der Waals surface area contributed by atoms with Gasteiger partial charge in [-0.05, 0) is 43.3 Å². The molecular weight excluding hydrogens is 314 g/mol. The third-order valence-corrected chi connectivity index (χ3v) is 4.73. The van der Waals surface area contributed by atoms with Crippen LogP contribution in [0.5, 0.6) is 5.75 Å². The van der Waals surface area contributed by atoms with Crippen LogP contribution < -0.4 is 15.0 Å². The molecular formula is C20H25N3O2. The molecule has 1 saturated heterocycles. The lowest BCUT2D eigenvalue weighted by molar-refractivity contribution is 0.0674. The summed E-state index contributed by atoms with van der Waals surface area (Å²) in [6, 6.07) is 15.8. The highest BCUT2D eigenvalue weighted by Gasteiger charge is 2.29. The van der Waals surface area contributed by atoms with Crippen molar-refractivity contribution in [3.63, 3.8) is 0 Å². The summed E-state index contributed by atoms with van der Waals surface area (Å²) in [5.41, 5.74) is 2.82. The van der Waals surface area contributed by atoms with Crippen LogP contribution in [0.15, 0.2) is 48.5 Å². The van der Waals surface area contributed by atoms with Crippen molar-refractivity contribution < 1.29 is 9.53 Å². The van der Waals surface area contributed by atoms with E-state index >= 15 is 0 Å². The van der Waals surface area contributed by atoms with E-state index in [-0.39, 0.29) is 11.9 Å². The van der Waals surface area contributed by atoms with E-state index in [2.05, 4.69) is 23.2 Å². The Hall–Kier alpha value is -2.69. The van der Waals surface area contributed by atoms with Gasteiger partial charge in [-0.25, -0.2) is 0 Å². The molecule has 5 heteroatoms. The van der Waals surface area contributed by atoms with E-state index in [4.69, 9.17) is 4.74 Å². The molecule has 2 aromatic rings. The number of nitrogens with one attached hydrogen (secondary N) is 1. The van der Waals surface area contributed by atoms with Gasteiger partial charge in [0.1, 0.15) is 5.75 Å². The van der Waals surface area contributed by atoms with Crippen LogP contribution in [0.4, 0.5) is 11.4 Å². The van der Waals surface area contributed by atoms with Crippen LogP contribution in [0.25, 0.3) is 0 Å². The Labute approximate surface area is 149 Å². The maximum Gasteiger partial charge on any atom is 0.254 e. The monoisotopic (exact) mass is 339 g/mol. The van der Waals surface area contributed by atoms with E-state index < -0.39 is 0 Å². The normalized spacial score (nSPS) is 17.3. The number of carbonyl (C=O) groups is 1. The zero-order valence-electron chi connectivity index (χ0n) is 15.0. The molecule has 1 amide bonds. The maximum atomic E-state index is 12.8. The molecule has 0 bridgehead atoms. The second kappa shape index (κ2) is 7.47. The highest BCUT2D eigenvalue weighted by atomic mass is 16.5. The van der Waals surface area contributed by atoms with Gasteiger partial charge in [0.25, 0.3) is 5.91 Å². The fourth-order valence-electron chi connectivity index (χ4n) is 3.31. The summed E-state index contributed by atoms with van der Waals surface area (Å²) in [6.07, 6.45) is 0. The molecule has 0 spiro atoms. The van der Waals surface area contributed by atoms with Crippen molar-refractivity contribution in [2.45, 2.75) is 13.0 Å². The first kappa shape index (κ1) is 17.1. The number of rotatable bonds is 4. The minimum Gasteiger partial charge on any atom is -0.495 e. The lowest BCUT2D eigenvalue weighted by Crippen LogP contribution is -2.54. The van der Waals surface area contributed by atoms with E-state index in [1.807, 2.05) is 54.4 Å². The standard InChI is InChI=1S/C20H25N3O2/c1-15-14-22(18-6-4-5-7-19(18)25-3)12-13-23(15)20(24)16-8-10-17(21-2)11-9-16/h4-11,15,21H,12-14H2,1-3H3. The molecule has 0 saturated carbocycles. The maximum absolute atomic E-state index is 12.8. The minimum absolute atomic E-state index is 0.0924. The quantitative estimate of drug-likeness (QED) is 0.930.